The van der Waals surface area contributed by atoms with Gasteiger partial charge < -0.3 is 4.90 Å². The van der Waals surface area contributed by atoms with Crippen LogP contribution in [0.1, 0.15) is 35.7 Å². The summed E-state index contributed by atoms with van der Waals surface area (Å²) >= 11 is 0. The van der Waals surface area contributed by atoms with Crippen LogP contribution in [0.3, 0.4) is 0 Å². The van der Waals surface area contributed by atoms with Crippen LogP contribution in [0, 0.1) is 12.7 Å². The summed E-state index contributed by atoms with van der Waals surface area (Å²) in [5.74, 6) is 0.649. The van der Waals surface area contributed by atoms with Gasteiger partial charge in [0.2, 0.25) is 5.95 Å². The summed E-state index contributed by atoms with van der Waals surface area (Å²) in [6.45, 7) is 4.91. The molecule has 3 heterocycles. The van der Waals surface area contributed by atoms with Crippen molar-refractivity contribution in [3.05, 3.63) is 59.4 Å². The Hall–Kier alpha value is -2.80. The molecule has 0 radical (unpaired) electrons. The van der Waals surface area contributed by atoms with E-state index in [0.717, 1.165) is 43.7 Å². The molecule has 1 atom stereocenters. The number of aryl methyl sites for hydroxylation is 1. The lowest BCUT2D eigenvalue weighted by Crippen LogP contribution is -2.34. The largest absolute Gasteiger partial charge is 0.347 e. The highest BCUT2D eigenvalue weighted by molar-refractivity contribution is 5.67. The summed E-state index contributed by atoms with van der Waals surface area (Å²) in [6.07, 6.45) is 5.86. The Labute approximate surface area is 177 Å². The van der Waals surface area contributed by atoms with Gasteiger partial charge >= 0.3 is 0 Å². The smallest absolute Gasteiger partial charge is 0.225 e. The summed E-state index contributed by atoms with van der Waals surface area (Å²) in [5, 5.41) is 4.38. The zero-order valence-corrected chi connectivity index (χ0v) is 18.1. The molecule has 0 spiro atoms. The third-order valence-corrected chi connectivity index (χ3v) is 5.99. The highest BCUT2D eigenvalue weighted by atomic mass is 19.1. The van der Waals surface area contributed by atoms with Gasteiger partial charge in [-0.2, -0.15) is 5.10 Å². The molecule has 3 aromatic rings. The van der Waals surface area contributed by atoms with Crippen LogP contribution >= 0.6 is 0 Å². The summed E-state index contributed by atoms with van der Waals surface area (Å²) in [5.41, 5.74) is 4.75. The van der Waals surface area contributed by atoms with Crippen LogP contribution in [-0.2, 0) is 13.6 Å². The van der Waals surface area contributed by atoms with Gasteiger partial charge in [0.1, 0.15) is 5.82 Å². The Bertz CT molecular complexity index is 1030. The first-order valence-corrected chi connectivity index (χ1v) is 10.4. The van der Waals surface area contributed by atoms with Crippen molar-refractivity contribution in [1.82, 2.24) is 24.6 Å². The molecular weight excluding hydrogens is 379 g/mol. The first-order chi connectivity index (χ1) is 14.4. The van der Waals surface area contributed by atoms with E-state index >= 15 is 0 Å². The number of halogens is 1. The van der Waals surface area contributed by atoms with E-state index < -0.39 is 0 Å². The minimum atomic E-state index is -0.237. The number of likely N-dealkylation sites (tertiary alicyclic amines) is 1. The normalized spacial score (nSPS) is 17.3. The molecule has 6 nitrogen and oxygen atoms in total. The van der Waals surface area contributed by atoms with Crippen molar-refractivity contribution in [1.29, 1.82) is 0 Å². The number of aromatic nitrogens is 4. The lowest BCUT2D eigenvalue weighted by Gasteiger charge is -2.33. The fourth-order valence-corrected chi connectivity index (χ4v) is 4.16. The predicted octanol–water partition coefficient (Wildman–Crippen LogP) is 3.77. The summed E-state index contributed by atoms with van der Waals surface area (Å²) < 4.78 is 16.5. The molecule has 30 heavy (non-hydrogen) atoms. The van der Waals surface area contributed by atoms with E-state index in [0.29, 0.717) is 11.5 Å². The fraction of sp³-hybridized carbons (Fsp3) is 0.435. The second-order valence-electron chi connectivity index (χ2n) is 8.30. The Morgan fingerprint density at radius 1 is 1.17 bits per heavy atom. The minimum Gasteiger partial charge on any atom is -0.347 e. The average molecular weight is 409 g/mol. The highest BCUT2D eigenvalue weighted by Crippen LogP contribution is 2.35. The van der Waals surface area contributed by atoms with Crippen LogP contribution in [0.25, 0.3) is 11.1 Å². The van der Waals surface area contributed by atoms with Gasteiger partial charge in [-0.1, -0.05) is 18.2 Å². The molecule has 1 aliphatic rings. The van der Waals surface area contributed by atoms with Gasteiger partial charge in [0.25, 0.3) is 0 Å². The van der Waals surface area contributed by atoms with Gasteiger partial charge in [0.05, 0.1) is 11.9 Å². The van der Waals surface area contributed by atoms with Gasteiger partial charge in [0.15, 0.2) is 0 Å². The standard InChI is InChI=1S/C23H29FN6/c1-16-18(12-26-29(16)4)15-30-11-7-8-17(14-30)22-20(13-25-23(27-22)28(2)3)19-9-5-6-10-21(19)24/h5-6,9-10,12-13,17H,7-8,11,14-15H2,1-4H3/t17-/m1/s1. The van der Waals surface area contributed by atoms with Crippen molar-refractivity contribution in [3.8, 4) is 11.1 Å². The van der Waals surface area contributed by atoms with E-state index in [1.165, 1.54) is 17.3 Å². The molecule has 0 N–H and O–H groups in total. The average Bonchev–Trinajstić information content (AvgIpc) is 3.06. The second-order valence-corrected chi connectivity index (χ2v) is 8.30. The molecule has 0 unspecified atom stereocenters. The molecule has 2 aromatic heterocycles. The number of hydrogen-bond acceptors (Lipinski definition) is 5. The molecule has 1 fully saturated rings. The molecule has 0 amide bonds. The lowest BCUT2D eigenvalue weighted by atomic mass is 9.89. The van der Waals surface area contributed by atoms with Crippen LogP contribution < -0.4 is 4.90 Å². The van der Waals surface area contributed by atoms with Crippen molar-refractivity contribution in [3.63, 3.8) is 0 Å². The number of hydrogen-bond donors (Lipinski definition) is 0. The van der Waals surface area contributed by atoms with Crippen molar-refractivity contribution >= 4 is 5.95 Å². The quantitative estimate of drug-likeness (QED) is 0.643. The Morgan fingerprint density at radius 3 is 2.67 bits per heavy atom. The zero-order valence-electron chi connectivity index (χ0n) is 18.1. The van der Waals surface area contributed by atoms with Crippen molar-refractivity contribution < 1.29 is 4.39 Å². The highest BCUT2D eigenvalue weighted by Gasteiger charge is 2.27. The maximum absolute atomic E-state index is 14.6. The van der Waals surface area contributed by atoms with E-state index in [9.17, 15) is 4.39 Å². The number of anilines is 1. The first kappa shape index (κ1) is 20.5. The van der Waals surface area contributed by atoms with Crippen LogP contribution in [0.4, 0.5) is 10.3 Å². The molecule has 158 valence electrons. The molecular formula is C23H29FN6. The number of benzene rings is 1. The third kappa shape index (κ3) is 4.07. The molecule has 1 saturated heterocycles. The Morgan fingerprint density at radius 2 is 1.97 bits per heavy atom. The maximum atomic E-state index is 14.6. The molecule has 0 saturated carbocycles. The third-order valence-electron chi connectivity index (χ3n) is 5.99. The maximum Gasteiger partial charge on any atom is 0.225 e. The number of nitrogens with zero attached hydrogens (tertiary/aromatic N) is 6. The minimum absolute atomic E-state index is 0.229. The lowest BCUT2D eigenvalue weighted by molar-refractivity contribution is 0.198. The number of rotatable bonds is 5. The van der Waals surface area contributed by atoms with Gasteiger partial charge in [-0.05, 0) is 32.4 Å². The number of piperidine rings is 1. The second kappa shape index (κ2) is 8.52. The summed E-state index contributed by atoms with van der Waals surface area (Å²) in [7, 11) is 5.84. The summed E-state index contributed by atoms with van der Waals surface area (Å²) in [6, 6.07) is 6.89. The molecule has 0 aliphatic carbocycles. The van der Waals surface area contributed by atoms with Crippen molar-refractivity contribution in [2.45, 2.75) is 32.2 Å². The van der Waals surface area contributed by atoms with Gasteiger partial charge in [-0.3, -0.25) is 9.58 Å². The fourth-order valence-electron chi connectivity index (χ4n) is 4.16. The van der Waals surface area contributed by atoms with E-state index in [4.69, 9.17) is 4.98 Å². The SMILES string of the molecule is Cc1c(CN2CCC[C@@H](c3nc(N(C)C)ncc3-c3ccccc3F)C2)cnn1C. The van der Waals surface area contributed by atoms with Crippen LogP contribution in [0.5, 0.6) is 0 Å². The molecule has 1 aromatic carbocycles. The van der Waals surface area contributed by atoms with E-state index in [-0.39, 0.29) is 11.7 Å². The molecule has 7 heteroatoms. The van der Waals surface area contributed by atoms with Gasteiger partial charge in [-0.25, -0.2) is 14.4 Å². The summed E-state index contributed by atoms with van der Waals surface area (Å²) in [4.78, 5) is 13.7. The first-order valence-electron chi connectivity index (χ1n) is 10.4. The van der Waals surface area contributed by atoms with Gasteiger partial charge in [0, 0.05) is 68.7 Å². The molecule has 1 aliphatic heterocycles. The van der Waals surface area contributed by atoms with Crippen LogP contribution in [0.2, 0.25) is 0 Å². The van der Waals surface area contributed by atoms with Crippen molar-refractivity contribution in [2.75, 3.05) is 32.1 Å². The Kier molecular flexibility index (Phi) is 5.81. The molecule has 4 rings (SSSR count). The predicted molar refractivity (Wildman–Crippen MR) is 117 cm³/mol. The monoisotopic (exact) mass is 408 g/mol. The topological polar surface area (TPSA) is 50.1 Å². The van der Waals surface area contributed by atoms with E-state index in [1.54, 1.807) is 12.3 Å². The Balaban J connectivity index is 1.66. The van der Waals surface area contributed by atoms with Crippen molar-refractivity contribution in [2.24, 2.45) is 7.05 Å². The van der Waals surface area contributed by atoms with E-state index in [1.807, 2.05) is 49.1 Å². The van der Waals surface area contributed by atoms with E-state index in [2.05, 4.69) is 21.9 Å². The van der Waals surface area contributed by atoms with Crippen LogP contribution in [-0.4, -0.2) is 51.8 Å². The van der Waals surface area contributed by atoms with Gasteiger partial charge in [-0.15, -0.1) is 0 Å². The molecule has 0 bridgehead atoms. The van der Waals surface area contributed by atoms with Crippen LogP contribution in [0.15, 0.2) is 36.7 Å². The zero-order chi connectivity index (χ0) is 21.3.